The van der Waals surface area contributed by atoms with Gasteiger partial charge < -0.3 is 19.7 Å². The van der Waals surface area contributed by atoms with Gasteiger partial charge in [-0.05, 0) is 50.3 Å². The van der Waals surface area contributed by atoms with E-state index in [9.17, 15) is 0 Å². The van der Waals surface area contributed by atoms with Crippen LogP contribution in [0, 0.1) is 5.92 Å². The molecule has 0 amide bonds. The molecule has 25 heavy (non-hydrogen) atoms. The number of piperidine rings is 1. The molecule has 0 spiro atoms. The van der Waals surface area contributed by atoms with E-state index in [1.807, 2.05) is 0 Å². The molecule has 140 valence electrons. The number of hydrogen-bond donors (Lipinski definition) is 1. The predicted octanol–water partition coefficient (Wildman–Crippen LogP) is 3.20. The number of benzene rings is 1. The summed E-state index contributed by atoms with van der Waals surface area (Å²) in [5.74, 6) is 0.702. The molecule has 2 aliphatic rings. The molecular weight excluding hydrogens is 312 g/mol. The third kappa shape index (κ3) is 5.52. The Morgan fingerprint density at radius 2 is 1.80 bits per heavy atom. The van der Waals surface area contributed by atoms with Crippen molar-refractivity contribution in [3.8, 4) is 0 Å². The van der Waals surface area contributed by atoms with E-state index in [0.29, 0.717) is 30.7 Å². The molecule has 2 saturated heterocycles. The van der Waals surface area contributed by atoms with Crippen molar-refractivity contribution in [3.05, 3.63) is 35.4 Å². The standard InChI is InChI=1S/C21H34N2O2/c1-16-14-23(3)17(2)12-21(16)22-13-18-4-6-19(7-5-18)15-25-20-8-10-24-11-9-20/h4-7,16-17,20-22H,8-15H2,1-3H3/t16-,17-,21+/m1/s1. The molecule has 0 bridgehead atoms. The Balaban J connectivity index is 1.42. The van der Waals surface area contributed by atoms with E-state index < -0.39 is 0 Å². The minimum absolute atomic E-state index is 0.364. The summed E-state index contributed by atoms with van der Waals surface area (Å²) >= 11 is 0. The molecule has 1 aromatic rings. The van der Waals surface area contributed by atoms with Crippen molar-refractivity contribution in [2.45, 2.75) is 64.4 Å². The van der Waals surface area contributed by atoms with Gasteiger partial charge in [0.2, 0.25) is 0 Å². The molecule has 0 saturated carbocycles. The van der Waals surface area contributed by atoms with Gasteiger partial charge in [-0.25, -0.2) is 0 Å². The van der Waals surface area contributed by atoms with Crippen LogP contribution in [0.2, 0.25) is 0 Å². The maximum atomic E-state index is 6.00. The molecule has 1 N–H and O–H groups in total. The molecule has 4 nitrogen and oxygen atoms in total. The van der Waals surface area contributed by atoms with E-state index in [0.717, 1.165) is 32.6 Å². The van der Waals surface area contributed by atoms with Crippen LogP contribution in [0.15, 0.2) is 24.3 Å². The first-order valence-electron chi connectivity index (χ1n) is 9.82. The first kappa shape index (κ1) is 18.8. The monoisotopic (exact) mass is 346 g/mol. The van der Waals surface area contributed by atoms with Gasteiger partial charge in [-0.1, -0.05) is 31.2 Å². The van der Waals surface area contributed by atoms with Crippen molar-refractivity contribution >= 4 is 0 Å². The van der Waals surface area contributed by atoms with Crippen LogP contribution in [-0.2, 0) is 22.6 Å². The number of rotatable bonds is 6. The maximum absolute atomic E-state index is 6.00. The second-order valence-corrected chi connectivity index (χ2v) is 7.93. The van der Waals surface area contributed by atoms with Crippen molar-refractivity contribution < 1.29 is 9.47 Å². The maximum Gasteiger partial charge on any atom is 0.0720 e. The second kappa shape index (κ2) is 9.13. The fourth-order valence-electron chi connectivity index (χ4n) is 3.88. The Labute approximate surface area is 152 Å². The first-order chi connectivity index (χ1) is 12.1. The van der Waals surface area contributed by atoms with Crippen LogP contribution in [0.3, 0.4) is 0 Å². The zero-order chi connectivity index (χ0) is 17.6. The third-order valence-electron chi connectivity index (χ3n) is 5.86. The highest BCUT2D eigenvalue weighted by atomic mass is 16.5. The lowest BCUT2D eigenvalue weighted by atomic mass is 9.89. The molecule has 2 aliphatic heterocycles. The molecule has 3 rings (SSSR count). The Morgan fingerprint density at radius 1 is 1.12 bits per heavy atom. The van der Waals surface area contributed by atoms with Crippen LogP contribution in [0.4, 0.5) is 0 Å². The van der Waals surface area contributed by atoms with E-state index in [4.69, 9.17) is 9.47 Å². The van der Waals surface area contributed by atoms with Crippen LogP contribution < -0.4 is 5.32 Å². The number of nitrogens with zero attached hydrogens (tertiary/aromatic N) is 1. The van der Waals surface area contributed by atoms with Gasteiger partial charge in [0.25, 0.3) is 0 Å². The van der Waals surface area contributed by atoms with Crippen molar-refractivity contribution in [2.24, 2.45) is 5.92 Å². The summed E-state index contributed by atoms with van der Waals surface area (Å²) in [6.07, 6.45) is 3.64. The van der Waals surface area contributed by atoms with Gasteiger partial charge in [0.05, 0.1) is 12.7 Å². The molecular formula is C21H34N2O2. The largest absolute Gasteiger partial charge is 0.381 e. The highest BCUT2D eigenvalue weighted by Crippen LogP contribution is 2.21. The van der Waals surface area contributed by atoms with Gasteiger partial charge in [0, 0.05) is 38.4 Å². The van der Waals surface area contributed by atoms with Gasteiger partial charge in [-0.2, -0.15) is 0 Å². The number of ether oxygens (including phenoxy) is 2. The van der Waals surface area contributed by atoms with E-state index in [1.165, 1.54) is 24.1 Å². The van der Waals surface area contributed by atoms with Gasteiger partial charge in [0.15, 0.2) is 0 Å². The number of likely N-dealkylation sites (tertiary alicyclic amines) is 1. The van der Waals surface area contributed by atoms with E-state index >= 15 is 0 Å². The number of hydrogen-bond acceptors (Lipinski definition) is 4. The third-order valence-corrected chi connectivity index (χ3v) is 5.86. The van der Waals surface area contributed by atoms with Gasteiger partial charge >= 0.3 is 0 Å². The van der Waals surface area contributed by atoms with Crippen LogP contribution in [0.1, 0.15) is 44.2 Å². The lowest BCUT2D eigenvalue weighted by molar-refractivity contribution is -0.0390. The van der Waals surface area contributed by atoms with Crippen molar-refractivity contribution in [3.63, 3.8) is 0 Å². The normalized spacial score (nSPS) is 29.0. The molecule has 0 radical (unpaired) electrons. The Bertz CT molecular complexity index is 513. The summed E-state index contributed by atoms with van der Waals surface area (Å²) in [5, 5.41) is 3.77. The summed E-state index contributed by atoms with van der Waals surface area (Å²) in [6.45, 7) is 9.20. The zero-order valence-electron chi connectivity index (χ0n) is 16.0. The molecule has 2 fully saturated rings. The molecule has 4 heteroatoms. The van der Waals surface area contributed by atoms with Crippen molar-refractivity contribution in [1.29, 1.82) is 0 Å². The second-order valence-electron chi connectivity index (χ2n) is 7.93. The summed E-state index contributed by atoms with van der Waals surface area (Å²) in [6, 6.07) is 10.2. The highest BCUT2D eigenvalue weighted by molar-refractivity contribution is 5.22. The smallest absolute Gasteiger partial charge is 0.0720 e. The Kier molecular flexibility index (Phi) is 6.88. The topological polar surface area (TPSA) is 33.7 Å². The first-order valence-corrected chi connectivity index (χ1v) is 9.82. The molecule has 2 heterocycles. The minimum atomic E-state index is 0.364. The van der Waals surface area contributed by atoms with Gasteiger partial charge in [-0.15, -0.1) is 0 Å². The molecule has 1 aromatic carbocycles. The van der Waals surface area contributed by atoms with E-state index in [2.05, 4.69) is 55.4 Å². The predicted molar refractivity (Wildman–Crippen MR) is 102 cm³/mol. The van der Waals surface area contributed by atoms with Gasteiger partial charge in [-0.3, -0.25) is 0 Å². The molecule has 0 aliphatic carbocycles. The summed E-state index contributed by atoms with van der Waals surface area (Å²) in [4.78, 5) is 2.47. The fourth-order valence-corrected chi connectivity index (χ4v) is 3.88. The Morgan fingerprint density at radius 3 is 2.52 bits per heavy atom. The zero-order valence-corrected chi connectivity index (χ0v) is 16.0. The van der Waals surface area contributed by atoms with Crippen LogP contribution in [0.25, 0.3) is 0 Å². The van der Waals surface area contributed by atoms with Crippen LogP contribution in [0.5, 0.6) is 0 Å². The fraction of sp³-hybridized carbons (Fsp3) is 0.714. The minimum Gasteiger partial charge on any atom is -0.381 e. The van der Waals surface area contributed by atoms with Crippen molar-refractivity contribution in [2.75, 3.05) is 26.8 Å². The van der Waals surface area contributed by atoms with E-state index in [1.54, 1.807) is 0 Å². The summed E-state index contributed by atoms with van der Waals surface area (Å²) in [5.41, 5.74) is 2.62. The SMILES string of the molecule is C[C@@H]1CN(C)[C@H](C)C[C@@H]1NCc1ccc(COC2CCOCC2)cc1. The lowest BCUT2D eigenvalue weighted by Crippen LogP contribution is -2.50. The highest BCUT2D eigenvalue weighted by Gasteiger charge is 2.28. The summed E-state index contributed by atoms with van der Waals surface area (Å²) < 4.78 is 11.4. The number of nitrogens with one attached hydrogen (secondary N) is 1. The average molecular weight is 347 g/mol. The van der Waals surface area contributed by atoms with E-state index in [-0.39, 0.29) is 0 Å². The van der Waals surface area contributed by atoms with Crippen molar-refractivity contribution in [1.82, 2.24) is 10.2 Å². The van der Waals surface area contributed by atoms with Crippen LogP contribution >= 0.6 is 0 Å². The Hall–Kier alpha value is -0.940. The summed E-state index contributed by atoms with van der Waals surface area (Å²) in [7, 11) is 2.23. The quantitative estimate of drug-likeness (QED) is 0.858. The lowest BCUT2D eigenvalue weighted by Gasteiger charge is -2.40. The average Bonchev–Trinajstić information content (AvgIpc) is 2.64. The molecule has 3 atom stereocenters. The van der Waals surface area contributed by atoms with Crippen LogP contribution in [-0.4, -0.2) is 49.9 Å². The molecule has 0 aromatic heterocycles. The molecule has 0 unspecified atom stereocenters. The van der Waals surface area contributed by atoms with Gasteiger partial charge in [0.1, 0.15) is 0 Å².